The van der Waals surface area contributed by atoms with Gasteiger partial charge in [0, 0.05) is 25.6 Å². The average molecular weight is 586 g/mol. The van der Waals surface area contributed by atoms with E-state index in [9.17, 15) is 0 Å². The number of hydrogen-bond donors (Lipinski definition) is 0. The maximum absolute atomic E-state index is 5.02. The number of nitrogens with zero attached hydrogens (tertiary/aromatic N) is 2. The Kier molecular flexibility index (Phi) is 4.36. The van der Waals surface area contributed by atoms with E-state index in [1.54, 1.807) is 0 Å². The van der Waals surface area contributed by atoms with Crippen LogP contribution in [0.15, 0.2) is 103 Å². The summed E-state index contributed by atoms with van der Waals surface area (Å²) < 4.78 is 2.27. The van der Waals surface area contributed by atoms with E-state index in [2.05, 4.69) is 101 Å². The summed E-state index contributed by atoms with van der Waals surface area (Å²) in [5, 5.41) is 5.98. The molecule has 153 valence electrons. The summed E-state index contributed by atoms with van der Waals surface area (Å²) in [4.78, 5) is 5.02. The van der Waals surface area contributed by atoms with Crippen LogP contribution < -0.4 is 0 Å². The SMILES string of the molecule is [Ir].[c-]1ccc(-c2cccc3ccccc23)c2c1c1nc3ccccc3n1c1ccccc21. The van der Waals surface area contributed by atoms with Gasteiger partial charge in [-0.05, 0) is 39.9 Å². The average Bonchev–Trinajstić information content (AvgIpc) is 3.24. The second kappa shape index (κ2) is 7.27. The molecule has 0 aliphatic rings. The molecule has 3 heteroatoms. The third kappa shape index (κ3) is 2.59. The van der Waals surface area contributed by atoms with E-state index < -0.39 is 0 Å². The first-order chi connectivity index (χ1) is 15.4. The third-order valence-electron chi connectivity index (χ3n) is 6.28. The molecule has 0 amide bonds. The van der Waals surface area contributed by atoms with E-state index in [1.807, 2.05) is 12.1 Å². The van der Waals surface area contributed by atoms with Gasteiger partial charge in [0.25, 0.3) is 0 Å². The Morgan fingerprint density at radius 3 is 2.25 bits per heavy atom. The van der Waals surface area contributed by atoms with Crippen LogP contribution in [-0.4, -0.2) is 9.38 Å². The molecule has 0 fully saturated rings. The molecule has 7 aromatic rings. The van der Waals surface area contributed by atoms with Crippen LogP contribution in [0.2, 0.25) is 0 Å². The minimum atomic E-state index is 0. The molecule has 0 bridgehead atoms. The van der Waals surface area contributed by atoms with Crippen LogP contribution in [0.5, 0.6) is 0 Å². The van der Waals surface area contributed by atoms with Crippen LogP contribution in [0, 0.1) is 6.07 Å². The van der Waals surface area contributed by atoms with Crippen molar-refractivity contribution in [2.75, 3.05) is 0 Å². The summed E-state index contributed by atoms with van der Waals surface area (Å²) in [6.07, 6.45) is 0. The summed E-state index contributed by atoms with van der Waals surface area (Å²) in [6.45, 7) is 0. The zero-order chi connectivity index (χ0) is 20.4. The van der Waals surface area contributed by atoms with Crippen LogP contribution in [0.3, 0.4) is 0 Å². The first kappa shape index (κ1) is 19.2. The predicted octanol–water partition coefficient (Wildman–Crippen LogP) is 7.41. The van der Waals surface area contributed by atoms with Gasteiger partial charge in [0.2, 0.25) is 0 Å². The molecule has 0 saturated heterocycles. The van der Waals surface area contributed by atoms with Crippen molar-refractivity contribution >= 4 is 49.1 Å². The normalized spacial score (nSPS) is 11.5. The van der Waals surface area contributed by atoms with Gasteiger partial charge in [-0.15, -0.1) is 18.2 Å². The molecule has 0 aliphatic carbocycles. The Morgan fingerprint density at radius 1 is 0.625 bits per heavy atom. The Morgan fingerprint density at radius 2 is 1.34 bits per heavy atom. The number of benzene rings is 5. The van der Waals surface area contributed by atoms with Crippen molar-refractivity contribution in [3.05, 3.63) is 109 Å². The quantitative estimate of drug-likeness (QED) is 0.145. The number of hydrogen-bond acceptors (Lipinski definition) is 1. The van der Waals surface area contributed by atoms with Crippen LogP contribution in [0.25, 0.3) is 60.3 Å². The van der Waals surface area contributed by atoms with Gasteiger partial charge >= 0.3 is 0 Å². The largest absolute Gasteiger partial charge is 0.333 e. The topological polar surface area (TPSA) is 17.3 Å². The molecule has 32 heavy (non-hydrogen) atoms. The molecule has 2 aromatic heterocycles. The molecule has 7 rings (SSSR count). The van der Waals surface area contributed by atoms with Crippen molar-refractivity contribution in [3.63, 3.8) is 0 Å². The number of aromatic nitrogens is 2. The van der Waals surface area contributed by atoms with Gasteiger partial charge in [0.1, 0.15) is 0 Å². The van der Waals surface area contributed by atoms with Gasteiger partial charge in [-0.25, -0.2) is 0 Å². The Bertz CT molecular complexity index is 1790. The number of fused-ring (bicyclic) bond motifs is 9. The maximum atomic E-state index is 5.02. The first-order valence-corrected chi connectivity index (χ1v) is 10.5. The summed E-state index contributed by atoms with van der Waals surface area (Å²) in [7, 11) is 0. The fourth-order valence-corrected chi connectivity index (χ4v) is 4.96. The van der Waals surface area contributed by atoms with Crippen LogP contribution >= 0.6 is 0 Å². The van der Waals surface area contributed by atoms with E-state index >= 15 is 0 Å². The number of para-hydroxylation sites is 3. The third-order valence-corrected chi connectivity index (χ3v) is 6.28. The molecule has 0 unspecified atom stereocenters. The second-order valence-corrected chi connectivity index (χ2v) is 7.94. The van der Waals surface area contributed by atoms with Crippen molar-refractivity contribution < 1.29 is 20.1 Å². The van der Waals surface area contributed by atoms with Crippen LogP contribution in [-0.2, 0) is 20.1 Å². The van der Waals surface area contributed by atoms with Gasteiger partial charge in [-0.3, -0.25) is 4.98 Å². The van der Waals surface area contributed by atoms with Gasteiger partial charge in [0.05, 0.1) is 16.7 Å². The number of imidazole rings is 1. The van der Waals surface area contributed by atoms with Gasteiger partial charge in [0.15, 0.2) is 0 Å². The fraction of sp³-hybridized carbons (Fsp3) is 0. The zero-order valence-corrected chi connectivity index (χ0v) is 19.4. The van der Waals surface area contributed by atoms with E-state index in [1.165, 1.54) is 38.2 Å². The molecule has 0 aliphatic heterocycles. The smallest absolute Gasteiger partial charge is 0.0774 e. The summed E-state index contributed by atoms with van der Waals surface area (Å²) in [5.41, 5.74) is 6.71. The molecule has 2 nitrogen and oxygen atoms in total. The molecule has 0 N–H and O–H groups in total. The van der Waals surface area contributed by atoms with Gasteiger partial charge < -0.3 is 4.40 Å². The number of pyridine rings is 1. The van der Waals surface area contributed by atoms with Crippen molar-refractivity contribution in [1.29, 1.82) is 0 Å². The minimum absolute atomic E-state index is 0. The molecule has 0 spiro atoms. The Labute approximate surface area is 198 Å². The van der Waals surface area contributed by atoms with Gasteiger partial charge in [-0.2, -0.15) is 0 Å². The van der Waals surface area contributed by atoms with E-state index in [0.717, 1.165) is 22.1 Å². The van der Waals surface area contributed by atoms with Crippen LogP contribution in [0.1, 0.15) is 0 Å². The standard InChI is InChI=1S/C29H17N2.Ir/c1-2-11-20-19(9-1)10-7-13-21(20)22-14-8-15-24-28(22)23-12-3-5-17-26(23)31-27-18-6-4-16-25(27)30-29(24)31;/h1-14,16-18H;/q-1;. The summed E-state index contributed by atoms with van der Waals surface area (Å²) in [5.74, 6) is 0. The van der Waals surface area contributed by atoms with Crippen molar-refractivity contribution in [1.82, 2.24) is 9.38 Å². The minimum Gasteiger partial charge on any atom is -0.333 e. The molecule has 2 heterocycles. The number of rotatable bonds is 1. The Hall–Kier alpha value is -3.52. The van der Waals surface area contributed by atoms with Crippen molar-refractivity contribution in [2.24, 2.45) is 0 Å². The van der Waals surface area contributed by atoms with E-state index in [0.29, 0.717) is 0 Å². The summed E-state index contributed by atoms with van der Waals surface area (Å²) >= 11 is 0. The second-order valence-electron chi connectivity index (χ2n) is 7.94. The monoisotopic (exact) mass is 586 g/mol. The fourth-order valence-electron chi connectivity index (χ4n) is 4.96. The molecule has 5 aromatic carbocycles. The Balaban J connectivity index is 0.00000196. The molecule has 0 saturated carbocycles. The van der Waals surface area contributed by atoms with E-state index in [-0.39, 0.29) is 20.1 Å². The summed E-state index contributed by atoms with van der Waals surface area (Å²) in [6, 6.07) is 39.8. The zero-order valence-electron chi connectivity index (χ0n) is 17.0. The van der Waals surface area contributed by atoms with Crippen molar-refractivity contribution in [3.8, 4) is 11.1 Å². The molecule has 0 atom stereocenters. The predicted molar refractivity (Wildman–Crippen MR) is 129 cm³/mol. The molecular weight excluding hydrogens is 569 g/mol. The van der Waals surface area contributed by atoms with Crippen LogP contribution in [0.4, 0.5) is 0 Å². The maximum Gasteiger partial charge on any atom is 0.0774 e. The molecule has 1 radical (unpaired) electrons. The first-order valence-electron chi connectivity index (χ1n) is 10.5. The molecular formula is C29H17IrN2-. The van der Waals surface area contributed by atoms with Gasteiger partial charge in [-0.1, -0.05) is 89.1 Å². The van der Waals surface area contributed by atoms with E-state index in [4.69, 9.17) is 4.98 Å². The van der Waals surface area contributed by atoms with Crippen molar-refractivity contribution in [2.45, 2.75) is 0 Å².